The van der Waals surface area contributed by atoms with Crippen molar-refractivity contribution in [2.75, 3.05) is 49.5 Å². The molecule has 2 aliphatic rings. The van der Waals surface area contributed by atoms with Gasteiger partial charge in [-0.25, -0.2) is 0 Å². The molecular formula is C25H27F3N6O2. The van der Waals surface area contributed by atoms with Gasteiger partial charge in [-0.2, -0.15) is 13.2 Å². The molecule has 8 nitrogen and oxygen atoms in total. The largest absolute Gasteiger partial charge is 0.451 e. The van der Waals surface area contributed by atoms with Crippen LogP contribution < -0.4 is 21.1 Å². The molecule has 3 aromatic rings. The van der Waals surface area contributed by atoms with Gasteiger partial charge in [-0.3, -0.25) is 25.5 Å². The summed E-state index contributed by atoms with van der Waals surface area (Å²) in [6.07, 6.45) is -0.260. The molecule has 2 aromatic heterocycles. The highest BCUT2D eigenvalue weighted by atomic mass is 19.4. The third-order valence-corrected chi connectivity index (χ3v) is 6.48. The Morgan fingerprint density at radius 1 is 1.08 bits per heavy atom. The van der Waals surface area contributed by atoms with Crippen LogP contribution in [0.1, 0.15) is 22.5 Å². The molecule has 1 amide bonds. The topological polar surface area (TPSA) is 85.7 Å². The third-order valence-electron chi connectivity index (χ3n) is 6.48. The standard InChI is InChI=1S/C25H27F3N6O2/c26-25(27,28)18-1-2-21(34-13-11-33(12-14-34)16-19-7-10-30-32-19)20(15-18)31-24(35)23-4-3-22(36-23)17-5-8-29-9-6-17/h1-6,8-9,15,19,30,32H,7,10-14,16H2,(H,31,35). The molecule has 0 bridgehead atoms. The molecule has 3 N–H and O–H groups in total. The van der Waals surface area contributed by atoms with Crippen LogP contribution in [-0.2, 0) is 6.18 Å². The molecule has 1 aromatic carbocycles. The number of alkyl halides is 3. The number of pyridine rings is 1. The summed E-state index contributed by atoms with van der Waals surface area (Å²) in [5, 5.41) is 2.65. The molecule has 2 saturated heterocycles. The van der Waals surface area contributed by atoms with Gasteiger partial charge in [0.1, 0.15) is 5.76 Å². The zero-order valence-corrected chi connectivity index (χ0v) is 19.5. The first-order chi connectivity index (χ1) is 17.4. The highest BCUT2D eigenvalue weighted by Gasteiger charge is 2.32. The van der Waals surface area contributed by atoms with Crippen molar-refractivity contribution in [2.24, 2.45) is 0 Å². The van der Waals surface area contributed by atoms with E-state index in [1.807, 2.05) is 4.90 Å². The summed E-state index contributed by atoms with van der Waals surface area (Å²) in [7, 11) is 0. The van der Waals surface area contributed by atoms with Gasteiger partial charge in [0, 0.05) is 63.3 Å². The van der Waals surface area contributed by atoms with Crippen LogP contribution in [0.15, 0.2) is 59.3 Å². The Kier molecular flexibility index (Phi) is 6.95. The van der Waals surface area contributed by atoms with Crippen molar-refractivity contribution in [3.8, 4) is 11.3 Å². The number of aromatic nitrogens is 1. The first-order valence-electron chi connectivity index (χ1n) is 11.9. The lowest BCUT2D eigenvalue weighted by molar-refractivity contribution is -0.137. The van der Waals surface area contributed by atoms with Crippen LogP contribution in [-0.4, -0.2) is 61.1 Å². The van der Waals surface area contributed by atoms with Crippen molar-refractivity contribution in [1.29, 1.82) is 0 Å². The number of halogens is 3. The molecule has 36 heavy (non-hydrogen) atoms. The quantitative estimate of drug-likeness (QED) is 0.477. The van der Waals surface area contributed by atoms with Crippen molar-refractivity contribution < 1.29 is 22.4 Å². The molecule has 0 saturated carbocycles. The molecule has 4 heterocycles. The Bertz CT molecular complexity index is 1190. The molecule has 0 aliphatic carbocycles. The smallest absolute Gasteiger partial charge is 0.416 e. The maximum absolute atomic E-state index is 13.5. The number of hydrogen-bond acceptors (Lipinski definition) is 7. The van der Waals surface area contributed by atoms with Crippen molar-refractivity contribution in [1.82, 2.24) is 20.7 Å². The normalized spacial score (nSPS) is 19.0. The van der Waals surface area contributed by atoms with Gasteiger partial charge in [0.2, 0.25) is 0 Å². The van der Waals surface area contributed by atoms with Gasteiger partial charge < -0.3 is 14.6 Å². The van der Waals surface area contributed by atoms with E-state index in [-0.39, 0.29) is 11.4 Å². The molecule has 1 unspecified atom stereocenters. The summed E-state index contributed by atoms with van der Waals surface area (Å²) in [6, 6.07) is 10.5. The van der Waals surface area contributed by atoms with E-state index in [0.29, 0.717) is 30.6 Å². The highest BCUT2D eigenvalue weighted by molar-refractivity contribution is 6.04. The summed E-state index contributed by atoms with van der Waals surface area (Å²) in [6.45, 7) is 4.69. The number of nitrogens with one attached hydrogen (secondary N) is 3. The maximum Gasteiger partial charge on any atom is 0.416 e. The van der Waals surface area contributed by atoms with E-state index in [0.717, 1.165) is 50.3 Å². The van der Waals surface area contributed by atoms with Crippen LogP contribution in [0.4, 0.5) is 24.5 Å². The Balaban J connectivity index is 1.33. The minimum Gasteiger partial charge on any atom is -0.451 e. The molecule has 11 heteroatoms. The second-order valence-electron chi connectivity index (χ2n) is 8.93. The van der Waals surface area contributed by atoms with E-state index < -0.39 is 17.6 Å². The van der Waals surface area contributed by atoms with Crippen LogP contribution in [0.25, 0.3) is 11.3 Å². The van der Waals surface area contributed by atoms with E-state index in [2.05, 4.69) is 26.1 Å². The van der Waals surface area contributed by atoms with Crippen LogP contribution in [0.2, 0.25) is 0 Å². The lowest BCUT2D eigenvalue weighted by Crippen LogP contribution is -2.50. The predicted octanol–water partition coefficient (Wildman–Crippen LogP) is 3.60. The zero-order valence-electron chi connectivity index (χ0n) is 19.5. The number of furan rings is 1. The molecule has 5 rings (SSSR count). The van der Waals surface area contributed by atoms with Crippen molar-refractivity contribution in [3.05, 3.63) is 66.2 Å². The molecule has 0 spiro atoms. The fourth-order valence-electron chi connectivity index (χ4n) is 4.56. The van der Waals surface area contributed by atoms with E-state index >= 15 is 0 Å². The van der Waals surface area contributed by atoms with Gasteiger partial charge >= 0.3 is 6.18 Å². The lowest BCUT2D eigenvalue weighted by Gasteiger charge is -2.38. The Morgan fingerprint density at radius 3 is 2.56 bits per heavy atom. The Hall–Kier alpha value is -3.41. The third kappa shape index (κ3) is 5.53. The van der Waals surface area contributed by atoms with Gasteiger partial charge in [-0.15, -0.1) is 0 Å². The number of hydrogen-bond donors (Lipinski definition) is 3. The highest BCUT2D eigenvalue weighted by Crippen LogP contribution is 2.36. The lowest BCUT2D eigenvalue weighted by atomic mass is 10.1. The molecule has 0 radical (unpaired) electrons. The fourth-order valence-corrected chi connectivity index (χ4v) is 4.56. The first-order valence-corrected chi connectivity index (χ1v) is 11.9. The van der Waals surface area contributed by atoms with E-state index in [9.17, 15) is 18.0 Å². The summed E-state index contributed by atoms with van der Waals surface area (Å²) < 4.78 is 46.1. The first kappa shape index (κ1) is 24.3. The maximum atomic E-state index is 13.5. The summed E-state index contributed by atoms with van der Waals surface area (Å²) in [5.41, 5.74) is 6.96. The number of anilines is 2. The van der Waals surface area contributed by atoms with Crippen molar-refractivity contribution in [3.63, 3.8) is 0 Å². The van der Waals surface area contributed by atoms with Gasteiger partial charge in [-0.05, 0) is 48.9 Å². The SMILES string of the molecule is O=C(Nc1cc(C(F)(F)F)ccc1N1CCN(CC2CCNN2)CC1)c1ccc(-c2ccncc2)o1. The molecule has 190 valence electrons. The second kappa shape index (κ2) is 10.3. The Morgan fingerprint density at radius 2 is 1.86 bits per heavy atom. The average molecular weight is 501 g/mol. The van der Waals surface area contributed by atoms with Gasteiger partial charge in [0.15, 0.2) is 5.76 Å². The number of piperazine rings is 1. The average Bonchev–Trinajstić information content (AvgIpc) is 3.57. The summed E-state index contributed by atoms with van der Waals surface area (Å²) in [5.74, 6) is -0.142. The number of carbonyl (C=O) groups excluding carboxylic acids is 1. The van der Waals surface area contributed by atoms with Gasteiger partial charge in [0.25, 0.3) is 5.91 Å². The molecular weight excluding hydrogens is 473 g/mol. The Labute approximate surface area is 206 Å². The minimum atomic E-state index is -4.53. The number of carbonyl (C=O) groups is 1. The second-order valence-corrected chi connectivity index (χ2v) is 8.93. The van der Waals surface area contributed by atoms with Crippen LogP contribution in [0.5, 0.6) is 0 Å². The van der Waals surface area contributed by atoms with Crippen molar-refractivity contribution in [2.45, 2.75) is 18.6 Å². The molecule has 2 aliphatic heterocycles. The number of amides is 1. The molecule has 2 fully saturated rings. The van der Waals surface area contributed by atoms with Gasteiger partial charge in [0.05, 0.1) is 16.9 Å². The minimum absolute atomic E-state index is 0.00710. The van der Waals surface area contributed by atoms with Crippen LogP contribution in [0.3, 0.4) is 0 Å². The fraction of sp³-hybridized carbons (Fsp3) is 0.360. The van der Waals surface area contributed by atoms with E-state index in [4.69, 9.17) is 4.42 Å². The number of rotatable bonds is 6. The van der Waals surface area contributed by atoms with E-state index in [1.54, 1.807) is 30.6 Å². The van der Waals surface area contributed by atoms with Crippen LogP contribution in [0, 0.1) is 0 Å². The van der Waals surface area contributed by atoms with Crippen molar-refractivity contribution >= 4 is 17.3 Å². The summed E-state index contributed by atoms with van der Waals surface area (Å²) >= 11 is 0. The number of nitrogens with zero attached hydrogens (tertiary/aromatic N) is 3. The number of benzene rings is 1. The number of hydrazine groups is 1. The zero-order chi connectivity index (χ0) is 25.1. The van der Waals surface area contributed by atoms with Crippen LogP contribution >= 0.6 is 0 Å². The monoisotopic (exact) mass is 500 g/mol. The van der Waals surface area contributed by atoms with E-state index in [1.165, 1.54) is 12.1 Å². The predicted molar refractivity (Wildman–Crippen MR) is 130 cm³/mol. The molecule has 1 atom stereocenters. The van der Waals surface area contributed by atoms with Gasteiger partial charge in [-0.1, -0.05) is 0 Å². The summed E-state index contributed by atoms with van der Waals surface area (Å²) in [4.78, 5) is 21.3.